The number of methoxy groups -OCH3 is 1. The monoisotopic (exact) mass is 329 g/mol. The number of nitrogens with zero attached hydrogens (tertiary/aromatic N) is 1. The third-order valence-corrected chi connectivity index (χ3v) is 5.44. The number of hydrogen-bond acceptors (Lipinski definition) is 8. The molecule has 0 aliphatic carbocycles. The van der Waals surface area contributed by atoms with Crippen molar-refractivity contribution in [3.63, 3.8) is 0 Å². The molecule has 1 heterocycles. The second-order valence-corrected chi connectivity index (χ2v) is 7.80. The predicted molar refractivity (Wildman–Crippen MR) is 66.6 cm³/mol. The maximum Gasteiger partial charge on any atom is 0.358 e. The first-order valence-corrected chi connectivity index (χ1v) is 8.77. The van der Waals surface area contributed by atoms with Gasteiger partial charge in [-0.05, 0) is 0 Å². The van der Waals surface area contributed by atoms with Gasteiger partial charge in [0.25, 0.3) is 10.0 Å². The predicted octanol–water partition coefficient (Wildman–Crippen LogP) is -1.50. The van der Waals surface area contributed by atoms with Gasteiger partial charge < -0.3 is 4.74 Å². The highest BCUT2D eigenvalue weighted by molar-refractivity contribution is 7.92. The lowest BCUT2D eigenvalue weighted by atomic mass is 10.5. The summed E-state index contributed by atoms with van der Waals surface area (Å²) in [6, 6.07) is 0. The van der Waals surface area contributed by atoms with E-state index in [1.807, 2.05) is 4.72 Å². The number of aromatic nitrogens is 1. The molecule has 0 saturated heterocycles. The van der Waals surface area contributed by atoms with Gasteiger partial charge in [-0.2, -0.15) is 0 Å². The molecule has 1 aromatic heterocycles. The number of rotatable bonds is 6. The summed E-state index contributed by atoms with van der Waals surface area (Å²) in [6.45, 7) is -0.403. The number of nitrogens with two attached hydrogens (primary N) is 1. The number of thiazole rings is 1. The van der Waals surface area contributed by atoms with E-state index in [0.29, 0.717) is 11.3 Å². The molecular formula is C7H11N3O6S3. The van der Waals surface area contributed by atoms with Crippen LogP contribution in [0.15, 0.2) is 9.72 Å². The van der Waals surface area contributed by atoms with Crippen LogP contribution in [-0.2, 0) is 24.8 Å². The fourth-order valence-electron chi connectivity index (χ4n) is 1.04. The fourth-order valence-corrected chi connectivity index (χ4v) is 3.76. The van der Waals surface area contributed by atoms with Crippen molar-refractivity contribution in [2.45, 2.75) is 4.21 Å². The van der Waals surface area contributed by atoms with Gasteiger partial charge in [0.15, 0.2) is 9.90 Å². The van der Waals surface area contributed by atoms with E-state index in [4.69, 9.17) is 5.14 Å². The summed E-state index contributed by atoms with van der Waals surface area (Å²) in [7, 11) is -6.73. The van der Waals surface area contributed by atoms with Crippen LogP contribution in [0.1, 0.15) is 10.5 Å². The van der Waals surface area contributed by atoms with Crippen LogP contribution >= 0.6 is 11.3 Å². The summed E-state index contributed by atoms with van der Waals surface area (Å²) in [6.07, 6.45) is 0. The molecule has 9 nitrogen and oxygen atoms in total. The van der Waals surface area contributed by atoms with Gasteiger partial charge in [-0.15, -0.1) is 11.3 Å². The summed E-state index contributed by atoms with van der Waals surface area (Å²) in [4.78, 5) is 14.9. The number of hydrogen-bond donors (Lipinski definition) is 2. The molecule has 3 N–H and O–H groups in total. The van der Waals surface area contributed by atoms with Crippen molar-refractivity contribution >= 4 is 37.4 Å². The van der Waals surface area contributed by atoms with Crippen LogP contribution in [0.3, 0.4) is 0 Å². The Labute approximate surface area is 113 Å². The first-order chi connectivity index (χ1) is 8.67. The van der Waals surface area contributed by atoms with E-state index >= 15 is 0 Å². The first kappa shape index (κ1) is 16.0. The second-order valence-electron chi connectivity index (χ2n) is 3.24. The van der Waals surface area contributed by atoms with Gasteiger partial charge in [-0.1, -0.05) is 0 Å². The normalized spacial score (nSPS) is 12.3. The van der Waals surface area contributed by atoms with Crippen molar-refractivity contribution in [3.8, 4) is 0 Å². The van der Waals surface area contributed by atoms with Crippen LogP contribution in [0.2, 0.25) is 0 Å². The van der Waals surface area contributed by atoms with Gasteiger partial charge in [-0.3, -0.25) is 0 Å². The molecule has 0 aliphatic rings. The molecule has 0 aliphatic heterocycles. The van der Waals surface area contributed by atoms with E-state index in [1.54, 1.807) is 0 Å². The minimum absolute atomic E-state index is 0.339. The van der Waals surface area contributed by atoms with Crippen molar-refractivity contribution in [1.29, 1.82) is 0 Å². The molecule has 1 rings (SSSR count). The number of ether oxygens (including phenoxy) is 1. The highest BCUT2D eigenvalue weighted by Gasteiger charge is 2.26. The minimum Gasteiger partial charge on any atom is -0.464 e. The highest BCUT2D eigenvalue weighted by atomic mass is 32.2. The Hall–Kier alpha value is -1.08. The molecule has 1 aromatic rings. The molecule has 0 aromatic carbocycles. The number of primary sulfonamides is 1. The van der Waals surface area contributed by atoms with E-state index in [9.17, 15) is 21.6 Å². The highest BCUT2D eigenvalue weighted by Crippen LogP contribution is 2.20. The van der Waals surface area contributed by atoms with E-state index < -0.39 is 38.3 Å². The molecule has 0 atom stereocenters. The third-order valence-electron chi connectivity index (χ3n) is 1.84. The quantitative estimate of drug-likeness (QED) is 0.604. The maximum absolute atomic E-state index is 11.8. The molecule has 0 unspecified atom stereocenters. The van der Waals surface area contributed by atoms with Crippen LogP contribution in [0.25, 0.3) is 0 Å². The Balaban J connectivity index is 2.90. The summed E-state index contributed by atoms with van der Waals surface area (Å²) in [5.74, 6) is -1.45. The average Bonchev–Trinajstić information content (AvgIpc) is 2.75. The van der Waals surface area contributed by atoms with Gasteiger partial charge in [-0.25, -0.2) is 36.5 Å². The van der Waals surface area contributed by atoms with E-state index in [-0.39, 0.29) is 9.90 Å². The Bertz CT molecular complexity index is 662. The molecule has 0 bridgehead atoms. The van der Waals surface area contributed by atoms with Gasteiger partial charge in [0.1, 0.15) is 0 Å². The minimum atomic E-state index is -4.04. The average molecular weight is 329 g/mol. The molecule has 108 valence electrons. The molecule has 0 amide bonds. The van der Waals surface area contributed by atoms with E-state index in [2.05, 4.69) is 9.72 Å². The number of nitrogens with one attached hydrogen (secondary N) is 1. The molecular weight excluding hydrogens is 318 g/mol. The van der Waals surface area contributed by atoms with Gasteiger partial charge in [0.05, 0.1) is 18.4 Å². The SMILES string of the molecule is COC(=O)c1ncsc1S(=O)(=O)NCCS(N)(=O)=O. The van der Waals surface area contributed by atoms with E-state index in [0.717, 1.165) is 7.11 Å². The van der Waals surface area contributed by atoms with Crippen LogP contribution in [0.4, 0.5) is 0 Å². The molecule has 12 heteroatoms. The number of carbonyl (C=O) groups is 1. The van der Waals surface area contributed by atoms with Crippen LogP contribution in [0.5, 0.6) is 0 Å². The lowest BCUT2D eigenvalue weighted by Crippen LogP contribution is -2.31. The number of sulfonamides is 2. The maximum atomic E-state index is 11.8. The van der Waals surface area contributed by atoms with Crippen molar-refractivity contribution in [2.75, 3.05) is 19.4 Å². The third kappa shape index (κ3) is 4.50. The number of carbonyl (C=O) groups excluding carboxylic acids is 1. The second kappa shape index (κ2) is 5.92. The van der Waals surface area contributed by atoms with Crippen molar-refractivity contribution in [1.82, 2.24) is 9.71 Å². The van der Waals surface area contributed by atoms with Gasteiger partial charge in [0, 0.05) is 6.54 Å². The van der Waals surface area contributed by atoms with Crippen molar-refractivity contribution in [3.05, 3.63) is 11.2 Å². The zero-order valence-corrected chi connectivity index (χ0v) is 12.1. The lowest BCUT2D eigenvalue weighted by molar-refractivity contribution is 0.0590. The van der Waals surface area contributed by atoms with Gasteiger partial charge in [0.2, 0.25) is 10.0 Å². The smallest absolute Gasteiger partial charge is 0.358 e. The van der Waals surface area contributed by atoms with Crippen LogP contribution in [0, 0.1) is 0 Å². The Morgan fingerprint density at radius 1 is 1.47 bits per heavy atom. The summed E-state index contributed by atoms with van der Waals surface area (Å²) < 4.78 is 51.1. The summed E-state index contributed by atoms with van der Waals surface area (Å²) in [5.41, 5.74) is 0.816. The Morgan fingerprint density at radius 2 is 2.11 bits per heavy atom. The largest absolute Gasteiger partial charge is 0.464 e. The van der Waals surface area contributed by atoms with Crippen LogP contribution < -0.4 is 9.86 Å². The Kier molecular flexibility index (Phi) is 4.98. The fraction of sp³-hybridized carbons (Fsp3) is 0.429. The van der Waals surface area contributed by atoms with E-state index in [1.165, 1.54) is 5.51 Å². The van der Waals surface area contributed by atoms with Crippen molar-refractivity contribution in [2.24, 2.45) is 5.14 Å². The summed E-state index contributed by atoms with van der Waals surface area (Å²) in [5, 5.41) is 4.74. The number of esters is 1. The zero-order chi connectivity index (χ0) is 14.7. The molecule has 0 radical (unpaired) electrons. The molecule has 0 spiro atoms. The molecule has 0 saturated carbocycles. The first-order valence-electron chi connectivity index (χ1n) is 4.69. The Morgan fingerprint density at radius 3 is 2.63 bits per heavy atom. The standard InChI is InChI=1S/C7H11N3O6S3/c1-16-6(11)5-7(17-4-9-5)19(14,15)10-2-3-18(8,12)13/h4,10H,2-3H2,1H3,(H2,8,12,13). The molecule has 0 fully saturated rings. The van der Waals surface area contributed by atoms with Crippen LogP contribution in [-0.4, -0.2) is 47.2 Å². The van der Waals surface area contributed by atoms with Crippen molar-refractivity contribution < 1.29 is 26.4 Å². The zero-order valence-electron chi connectivity index (χ0n) is 9.69. The van der Waals surface area contributed by atoms with Gasteiger partial charge >= 0.3 is 5.97 Å². The lowest BCUT2D eigenvalue weighted by Gasteiger charge is -2.05. The topological polar surface area (TPSA) is 146 Å². The molecule has 19 heavy (non-hydrogen) atoms. The summed E-state index contributed by atoms with van der Waals surface area (Å²) >= 11 is 0.715.